The number of carbonyl (C=O) groups is 1. The molecule has 0 spiro atoms. The number of hydrogen-bond donors (Lipinski definition) is 0. The van der Waals surface area contributed by atoms with Crippen LogP contribution in [-0.2, 0) is 4.79 Å². The lowest BCUT2D eigenvalue weighted by atomic mass is 9.95. The van der Waals surface area contributed by atoms with Gasteiger partial charge >= 0.3 is 0 Å². The number of amides is 1. The number of rotatable bonds is 4. The largest absolute Gasteiger partial charge is 0.337 e. The maximum atomic E-state index is 12.4. The smallest absolute Gasteiger partial charge is 0.246 e. The molecule has 1 saturated carbocycles. The van der Waals surface area contributed by atoms with E-state index in [-0.39, 0.29) is 11.4 Å². The molecule has 0 aromatic heterocycles. The van der Waals surface area contributed by atoms with Gasteiger partial charge in [0.2, 0.25) is 5.91 Å². The zero-order valence-corrected chi connectivity index (χ0v) is 14.5. The number of benzene rings is 1. The van der Waals surface area contributed by atoms with Crippen LogP contribution >= 0.6 is 0 Å². The van der Waals surface area contributed by atoms with E-state index >= 15 is 0 Å². The van der Waals surface area contributed by atoms with Crippen molar-refractivity contribution in [1.82, 2.24) is 9.80 Å². The van der Waals surface area contributed by atoms with Crippen molar-refractivity contribution in [3.63, 3.8) is 0 Å². The van der Waals surface area contributed by atoms with E-state index in [9.17, 15) is 4.79 Å². The van der Waals surface area contributed by atoms with Crippen LogP contribution in [0.2, 0.25) is 0 Å². The highest BCUT2D eigenvalue weighted by Gasteiger charge is 2.42. The zero-order valence-electron chi connectivity index (χ0n) is 14.5. The minimum atomic E-state index is 0.0724. The second kappa shape index (κ2) is 6.78. The summed E-state index contributed by atoms with van der Waals surface area (Å²) in [6.45, 7) is 8.19. The Bertz CT molecular complexity index is 657. The van der Waals surface area contributed by atoms with Crippen LogP contribution in [0, 0.1) is 17.2 Å². The third-order valence-corrected chi connectivity index (χ3v) is 5.44. The quantitative estimate of drug-likeness (QED) is 0.801. The summed E-state index contributed by atoms with van der Waals surface area (Å²) < 4.78 is 0. The lowest BCUT2D eigenvalue weighted by molar-refractivity contribution is -0.128. The van der Waals surface area contributed by atoms with Crippen molar-refractivity contribution in [2.45, 2.75) is 32.2 Å². The van der Waals surface area contributed by atoms with Crippen molar-refractivity contribution in [2.24, 2.45) is 5.92 Å². The van der Waals surface area contributed by atoms with Crippen LogP contribution in [0.5, 0.6) is 0 Å². The third kappa shape index (κ3) is 3.68. The summed E-state index contributed by atoms with van der Waals surface area (Å²) in [4.78, 5) is 16.8. The molecular formula is C20H25N3O. The highest BCUT2D eigenvalue weighted by molar-refractivity contribution is 5.91. The maximum Gasteiger partial charge on any atom is 0.246 e. The predicted octanol–water partition coefficient (Wildman–Crippen LogP) is 2.90. The third-order valence-electron chi connectivity index (χ3n) is 5.44. The molecular weight excluding hydrogens is 298 g/mol. The first-order chi connectivity index (χ1) is 11.5. The van der Waals surface area contributed by atoms with Gasteiger partial charge in [-0.25, -0.2) is 0 Å². The summed E-state index contributed by atoms with van der Waals surface area (Å²) in [5, 5.41) is 8.80. The lowest BCUT2D eigenvalue weighted by Crippen LogP contribution is -2.56. The molecule has 2 aliphatic rings. The number of nitrogens with zero attached hydrogens (tertiary/aromatic N) is 3. The van der Waals surface area contributed by atoms with Gasteiger partial charge < -0.3 is 4.90 Å². The average Bonchev–Trinajstić information content (AvgIpc) is 3.46. The summed E-state index contributed by atoms with van der Waals surface area (Å²) in [6, 6.07) is 9.35. The van der Waals surface area contributed by atoms with Crippen molar-refractivity contribution in [2.75, 3.05) is 26.2 Å². The van der Waals surface area contributed by atoms with Gasteiger partial charge in [-0.2, -0.15) is 5.26 Å². The maximum absolute atomic E-state index is 12.4. The molecule has 1 aliphatic heterocycles. The molecule has 1 aromatic carbocycles. The fourth-order valence-corrected chi connectivity index (χ4v) is 3.49. The predicted molar refractivity (Wildman–Crippen MR) is 95.1 cm³/mol. The molecule has 0 radical (unpaired) electrons. The van der Waals surface area contributed by atoms with E-state index in [1.54, 1.807) is 18.2 Å². The molecule has 0 N–H and O–H groups in total. The van der Waals surface area contributed by atoms with E-state index in [1.807, 2.05) is 23.1 Å². The SMILES string of the molecule is CC(C)(C1CC1)N1CCN(C(=O)/C=C/c2ccc(C#N)cc2)CC1. The average molecular weight is 323 g/mol. The Morgan fingerprint density at radius 2 is 1.79 bits per heavy atom. The van der Waals surface area contributed by atoms with E-state index in [1.165, 1.54) is 12.8 Å². The monoisotopic (exact) mass is 323 g/mol. The van der Waals surface area contributed by atoms with Gasteiger partial charge in [-0.05, 0) is 56.4 Å². The van der Waals surface area contributed by atoms with Crippen molar-refractivity contribution < 1.29 is 4.79 Å². The van der Waals surface area contributed by atoms with Gasteiger partial charge in [0.05, 0.1) is 11.6 Å². The molecule has 0 bridgehead atoms. The molecule has 4 heteroatoms. The molecule has 24 heavy (non-hydrogen) atoms. The van der Waals surface area contributed by atoms with Crippen LogP contribution < -0.4 is 0 Å². The normalized spacial score (nSPS) is 19.5. The van der Waals surface area contributed by atoms with E-state index in [0.717, 1.165) is 37.7 Å². The summed E-state index contributed by atoms with van der Waals surface area (Å²) in [6.07, 6.45) is 6.16. The fraction of sp³-hybridized carbons (Fsp3) is 0.500. The van der Waals surface area contributed by atoms with Crippen LogP contribution in [0.3, 0.4) is 0 Å². The first-order valence-electron chi connectivity index (χ1n) is 8.73. The number of nitriles is 1. The number of hydrogen-bond acceptors (Lipinski definition) is 3. The Balaban J connectivity index is 1.53. The molecule has 1 saturated heterocycles. The van der Waals surface area contributed by atoms with Crippen LogP contribution in [0.4, 0.5) is 0 Å². The standard InChI is InChI=1S/C20H25N3O/c1-20(2,18-8-9-18)23-13-11-22(12-14-23)19(24)10-7-16-3-5-17(15-21)6-4-16/h3-7,10,18H,8-9,11-14H2,1-2H3/b10-7+. The molecule has 126 valence electrons. The van der Waals surface area contributed by atoms with E-state index < -0.39 is 0 Å². The Labute approximate surface area is 144 Å². The van der Waals surface area contributed by atoms with Gasteiger partial charge in [-0.3, -0.25) is 9.69 Å². The molecule has 0 atom stereocenters. The molecule has 2 fully saturated rings. The van der Waals surface area contributed by atoms with E-state index in [0.29, 0.717) is 5.56 Å². The molecule has 1 heterocycles. The second-order valence-electron chi connectivity index (χ2n) is 7.31. The Morgan fingerprint density at radius 1 is 1.17 bits per heavy atom. The van der Waals surface area contributed by atoms with Crippen LogP contribution in [0.15, 0.2) is 30.3 Å². The van der Waals surface area contributed by atoms with Crippen molar-refractivity contribution in [3.05, 3.63) is 41.5 Å². The molecule has 1 aliphatic carbocycles. The second-order valence-corrected chi connectivity index (χ2v) is 7.31. The molecule has 3 rings (SSSR count). The van der Waals surface area contributed by atoms with Gasteiger partial charge in [0, 0.05) is 37.8 Å². The number of piperazine rings is 1. The van der Waals surface area contributed by atoms with Crippen LogP contribution in [0.25, 0.3) is 6.08 Å². The van der Waals surface area contributed by atoms with Crippen molar-refractivity contribution in [1.29, 1.82) is 5.26 Å². The van der Waals surface area contributed by atoms with E-state index in [4.69, 9.17) is 5.26 Å². The summed E-state index contributed by atoms with van der Waals surface area (Å²) in [7, 11) is 0. The Hall–Kier alpha value is -2.12. The summed E-state index contributed by atoms with van der Waals surface area (Å²) in [5.74, 6) is 0.902. The minimum Gasteiger partial charge on any atom is -0.337 e. The molecule has 0 unspecified atom stereocenters. The summed E-state index contributed by atoms with van der Waals surface area (Å²) in [5.41, 5.74) is 1.84. The Morgan fingerprint density at radius 3 is 2.33 bits per heavy atom. The van der Waals surface area contributed by atoms with Gasteiger partial charge in [0.25, 0.3) is 0 Å². The van der Waals surface area contributed by atoms with E-state index in [2.05, 4.69) is 24.8 Å². The molecule has 4 nitrogen and oxygen atoms in total. The minimum absolute atomic E-state index is 0.0724. The topological polar surface area (TPSA) is 47.3 Å². The van der Waals surface area contributed by atoms with Crippen LogP contribution in [0.1, 0.15) is 37.8 Å². The fourth-order valence-electron chi connectivity index (χ4n) is 3.49. The van der Waals surface area contributed by atoms with Gasteiger partial charge in [-0.15, -0.1) is 0 Å². The molecule has 1 amide bonds. The van der Waals surface area contributed by atoms with Gasteiger partial charge in [0.1, 0.15) is 0 Å². The summed E-state index contributed by atoms with van der Waals surface area (Å²) >= 11 is 0. The highest BCUT2D eigenvalue weighted by atomic mass is 16.2. The van der Waals surface area contributed by atoms with Gasteiger partial charge in [-0.1, -0.05) is 12.1 Å². The zero-order chi connectivity index (χ0) is 17.2. The van der Waals surface area contributed by atoms with Crippen molar-refractivity contribution >= 4 is 12.0 Å². The van der Waals surface area contributed by atoms with Crippen LogP contribution in [-0.4, -0.2) is 47.4 Å². The lowest BCUT2D eigenvalue weighted by Gasteiger charge is -2.44. The first kappa shape index (κ1) is 16.7. The van der Waals surface area contributed by atoms with Crippen molar-refractivity contribution in [3.8, 4) is 6.07 Å². The number of carbonyl (C=O) groups excluding carboxylic acids is 1. The highest BCUT2D eigenvalue weighted by Crippen LogP contribution is 2.42. The first-order valence-corrected chi connectivity index (χ1v) is 8.73. The molecule has 1 aromatic rings. The van der Waals surface area contributed by atoms with Gasteiger partial charge in [0.15, 0.2) is 0 Å². The Kier molecular flexibility index (Phi) is 4.73.